The summed E-state index contributed by atoms with van der Waals surface area (Å²) in [5.74, 6) is 1.06. The van der Waals surface area contributed by atoms with E-state index in [-0.39, 0.29) is 11.3 Å². The Hall–Kier alpha value is -1.62. The summed E-state index contributed by atoms with van der Waals surface area (Å²) in [7, 11) is 0. The standard InChI is InChI=1S/C18H30N4O/c19-15-18(9-3-1-4-10-18)14-17(23)22-13-7-6-12-21-16-8-2-5-11-20-16/h2,5,8,11H,1,3-4,6-7,9-10,12-15,19H2,(H,20,21)(H,22,23). The van der Waals surface area contributed by atoms with Gasteiger partial charge in [0.1, 0.15) is 5.82 Å². The summed E-state index contributed by atoms with van der Waals surface area (Å²) in [5, 5.41) is 6.32. The number of carbonyl (C=O) groups excluding carboxylic acids is 1. The van der Waals surface area contributed by atoms with Crippen molar-refractivity contribution in [1.82, 2.24) is 10.3 Å². The molecule has 1 amide bonds. The van der Waals surface area contributed by atoms with Crippen molar-refractivity contribution in [2.24, 2.45) is 11.1 Å². The molecule has 4 N–H and O–H groups in total. The van der Waals surface area contributed by atoms with Crippen molar-refractivity contribution in [3.8, 4) is 0 Å². The van der Waals surface area contributed by atoms with Gasteiger partial charge < -0.3 is 16.4 Å². The van der Waals surface area contributed by atoms with Crippen molar-refractivity contribution in [2.75, 3.05) is 25.0 Å². The lowest BCUT2D eigenvalue weighted by Gasteiger charge is -2.35. The minimum Gasteiger partial charge on any atom is -0.370 e. The van der Waals surface area contributed by atoms with E-state index in [2.05, 4.69) is 15.6 Å². The van der Waals surface area contributed by atoms with Crippen LogP contribution >= 0.6 is 0 Å². The number of nitrogens with two attached hydrogens (primary N) is 1. The van der Waals surface area contributed by atoms with Crippen LogP contribution in [0.25, 0.3) is 0 Å². The van der Waals surface area contributed by atoms with Crippen molar-refractivity contribution in [3.05, 3.63) is 24.4 Å². The van der Waals surface area contributed by atoms with Gasteiger partial charge in [0, 0.05) is 25.7 Å². The monoisotopic (exact) mass is 318 g/mol. The molecule has 0 aromatic carbocycles. The number of amides is 1. The van der Waals surface area contributed by atoms with Crippen molar-refractivity contribution in [1.29, 1.82) is 0 Å². The van der Waals surface area contributed by atoms with Gasteiger partial charge in [-0.25, -0.2) is 4.98 Å². The van der Waals surface area contributed by atoms with Crippen LogP contribution in [-0.4, -0.2) is 30.5 Å². The van der Waals surface area contributed by atoms with Gasteiger partial charge in [-0.15, -0.1) is 0 Å². The highest BCUT2D eigenvalue weighted by atomic mass is 16.1. The largest absolute Gasteiger partial charge is 0.370 e. The molecule has 0 atom stereocenters. The van der Waals surface area contributed by atoms with Gasteiger partial charge in [-0.3, -0.25) is 4.79 Å². The number of hydrogen-bond acceptors (Lipinski definition) is 4. The number of carbonyl (C=O) groups is 1. The number of aromatic nitrogens is 1. The molecule has 128 valence electrons. The number of pyridine rings is 1. The van der Waals surface area contributed by atoms with E-state index in [1.54, 1.807) is 6.20 Å². The van der Waals surface area contributed by atoms with Crippen LogP contribution in [0.4, 0.5) is 5.82 Å². The molecular formula is C18H30N4O. The summed E-state index contributed by atoms with van der Waals surface area (Å²) in [5.41, 5.74) is 6.00. The molecular weight excluding hydrogens is 288 g/mol. The number of rotatable bonds is 9. The van der Waals surface area contributed by atoms with Gasteiger partial charge in [0.2, 0.25) is 5.91 Å². The molecule has 0 bridgehead atoms. The maximum atomic E-state index is 12.1. The summed E-state index contributed by atoms with van der Waals surface area (Å²) in [6.07, 6.45) is 10.3. The van der Waals surface area contributed by atoms with Gasteiger partial charge in [-0.05, 0) is 49.8 Å². The van der Waals surface area contributed by atoms with Crippen LogP contribution in [0.1, 0.15) is 51.4 Å². The Balaban J connectivity index is 1.56. The minimum atomic E-state index is 0.0584. The predicted octanol–water partition coefficient (Wildman–Crippen LogP) is 2.69. The Labute approximate surface area is 139 Å². The first-order valence-corrected chi connectivity index (χ1v) is 8.86. The summed E-state index contributed by atoms with van der Waals surface area (Å²) < 4.78 is 0. The summed E-state index contributed by atoms with van der Waals surface area (Å²) in [6.45, 7) is 2.25. The van der Waals surface area contributed by atoms with E-state index in [1.165, 1.54) is 19.3 Å². The second-order valence-electron chi connectivity index (χ2n) is 6.64. The van der Waals surface area contributed by atoms with Crippen molar-refractivity contribution in [3.63, 3.8) is 0 Å². The van der Waals surface area contributed by atoms with Gasteiger partial charge in [0.25, 0.3) is 0 Å². The molecule has 1 aliphatic rings. The predicted molar refractivity (Wildman–Crippen MR) is 94.2 cm³/mol. The molecule has 1 fully saturated rings. The number of nitrogens with one attached hydrogen (secondary N) is 2. The quantitative estimate of drug-likeness (QED) is 0.612. The Bertz CT molecular complexity index is 457. The Morgan fingerprint density at radius 2 is 1.96 bits per heavy atom. The lowest BCUT2D eigenvalue weighted by Crippen LogP contribution is -2.38. The normalized spacial score (nSPS) is 16.7. The first kappa shape index (κ1) is 17.7. The maximum Gasteiger partial charge on any atom is 0.220 e. The molecule has 0 saturated heterocycles. The highest BCUT2D eigenvalue weighted by molar-refractivity contribution is 5.76. The van der Waals surface area contributed by atoms with Crippen molar-refractivity contribution >= 4 is 11.7 Å². The smallest absolute Gasteiger partial charge is 0.220 e. The molecule has 0 spiro atoms. The lowest BCUT2D eigenvalue weighted by molar-refractivity contribution is -0.123. The molecule has 5 nitrogen and oxygen atoms in total. The van der Waals surface area contributed by atoms with E-state index >= 15 is 0 Å². The van der Waals surface area contributed by atoms with E-state index in [1.807, 2.05) is 18.2 Å². The summed E-state index contributed by atoms with van der Waals surface area (Å²) >= 11 is 0. The fourth-order valence-corrected chi connectivity index (χ4v) is 3.32. The second kappa shape index (κ2) is 9.50. The third-order valence-corrected chi connectivity index (χ3v) is 4.78. The molecule has 0 unspecified atom stereocenters. The van der Waals surface area contributed by atoms with Gasteiger partial charge >= 0.3 is 0 Å². The minimum absolute atomic E-state index is 0.0584. The molecule has 1 heterocycles. The van der Waals surface area contributed by atoms with Crippen LogP contribution in [0.5, 0.6) is 0 Å². The van der Waals surface area contributed by atoms with E-state index in [0.717, 1.165) is 44.6 Å². The summed E-state index contributed by atoms with van der Waals surface area (Å²) in [6, 6.07) is 5.83. The van der Waals surface area contributed by atoms with Crippen LogP contribution in [-0.2, 0) is 4.79 Å². The number of anilines is 1. The van der Waals surface area contributed by atoms with Crippen LogP contribution in [0.3, 0.4) is 0 Å². The number of unbranched alkanes of at least 4 members (excludes halogenated alkanes) is 1. The lowest BCUT2D eigenvalue weighted by atomic mass is 9.71. The van der Waals surface area contributed by atoms with Crippen molar-refractivity contribution in [2.45, 2.75) is 51.4 Å². The topological polar surface area (TPSA) is 80.0 Å². The Kier molecular flexibility index (Phi) is 7.33. The summed E-state index contributed by atoms with van der Waals surface area (Å²) in [4.78, 5) is 16.4. The SMILES string of the molecule is NCC1(CC(=O)NCCCCNc2ccccn2)CCCCC1. The van der Waals surface area contributed by atoms with E-state index in [4.69, 9.17) is 5.73 Å². The molecule has 1 aromatic heterocycles. The van der Waals surface area contributed by atoms with Gasteiger partial charge in [0.15, 0.2) is 0 Å². The second-order valence-corrected chi connectivity index (χ2v) is 6.64. The van der Waals surface area contributed by atoms with Crippen molar-refractivity contribution < 1.29 is 4.79 Å². The average Bonchev–Trinajstić information content (AvgIpc) is 2.59. The fraction of sp³-hybridized carbons (Fsp3) is 0.667. The molecule has 5 heteroatoms. The molecule has 0 aliphatic heterocycles. The molecule has 2 rings (SSSR count). The third kappa shape index (κ3) is 6.18. The molecule has 1 aromatic rings. The molecule has 1 aliphatic carbocycles. The van der Waals surface area contributed by atoms with Crippen LogP contribution in [0.15, 0.2) is 24.4 Å². The van der Waals surface area contributed by atoms with E-state index < -0.39 is 0 Å². The first-order valence-electron chi connectivity index (χ1n) is 8.86. The maximum absolute atomic E-state index is 12.1. The fourth-order valence-electron chi connectivity index (χ4n) is 3.32. The third-order valence-electron chi connectivity index (χ3n) is 4.78. The van der Waals surface area contributed by atoms with E-state index in [9.17, 15) is 4.79 Å². The van der Waals surface area contributed by atoms with Crippen LogP contribution in [0.2, 0.25) is 0 Å². The zero-order valence-corrected chi connectivity index (χ0v) is 14.0. The van der Waals surface area contributed by atoms with Gasteiger partial charge in [-0.2, -0.15) is 0 Å². The van der Waals surface area contributed by atoms with Gasteiger partial charge in [0.05, 0.1) is 0 Å². The number of hydrogen-bond donors (Lipinski definition) is 3. The Morgan fingerprint density at radius 1 is 1.17 bits per heavy atom. The molecule has 23 heavy (non-hydrogen) atoms. The average molecular weight is 318 g/mol. The molecule has 0 radical (unpaired) electrons. The zero-order chi connectivity index (χ0) is 16.4. The Morgan fingerprint density at radius 3 is 2.65 bits per heavy atom. The highest BCUT2D eigenvalue weighted by Gasteiger charge is 2.32. The van der Waals surface area contributed by atoms with E-state index in [0.29, 0.717) is 13.0 Å². The highest BCUT2D eigenvalue weighted by Crippen LogP contribution is 2.38. The van der Waals surface area contributed by atoms with Crippen LogP contribution < -0.4 is 16.4 Å². The zero-order valence-electron chi connectivity index (χ0n) is 14.0. The number of nitrogens with zero attached hydrogens (tertiary/aromatic N) is 1. The van der Waals surface area contributed by atoms with Crippen LogP contribution in [0, 0.1) is 5.41 Å². The first-order chi connectivity index (χ1) is 11.2. The van der Waals surface area contributed by atoms with Gasteiger partial charge in [-0.1, -0.05) is 25.3 Å². The molecule has 1 saturated carbocycles.